The van der Waals surface area contributed by atoms with Crippen molar-refractivity contribution in [3.8, 4) is 0 Å². The smallest absolute Gasteiger partial charge is 0.332 e. The number of carbonyl (C=O) groups excluding carboxylic acids is 1. The predicted molar refractivity (Wildman–Crippen MR) is 85.7 cm³/mol. The fourth-order valence-electron chi connectivity index (χ4n) is 1.95. The van der Waals surface area contributed by atoms with Gasteiger partial charge in [0, 0.05) is 30.7 Å². The van der Waals surface area contributed by atoms with Crippen molar-refractivity contribution in [3.05, 3.63) is 72.0 Å². The summed E-state index contributed by atoms with van der Waals surface area (Å²) in [4.78, 5) is 15.4. The molecule has 2 rings (SSSR count). The highest BCUT2D eigenvalue weighted by molar-refractivity contribution is 5.82. The maximum absolute atomic E-state index is 11.3. The Morgan fingerprint density at radius 3 is 2.95 bits per heavy atom. The number of esters is 1. The summed E-state index contributed by atoms with van der Waals surface area (Å²) in [5, 5.41) is 0. The van der Waals surface area contributed by atoms with Crippen LogP contribution in [0.4, 0.5) is 0 Å². The van der Waals surface area contributed by atoms with Gasteiger partial charge in [0.25, 0.3) is 0 Å². The summed E-state index contributed by atoms with van der Waals surface area (Å²) < 4.78 is 7.02. The molecule has 22 heavy (non-hydrogen) atoms. The summed E-state index contributed by atoms with van der Waals surface area (Å²) in [5.41, 5.74) is 8.09. The Morgan fingerprint density at radius 2 is 2.23 bits per heavy atom. The van der Waals surface area contributed by atoms with Gasteiger partial charge in [-0.05, 0) is 24.1 Å². The second-order valence-electron chi connectivity index (χ2n) is 4.85. The maximum atomic E-state index is 11.3. The number of ether oxygens (including phenoxy) is 1. The minimum atomic E-state index is -0.434. The van der Waals surface area contributed by atoms with Crippen molar-refractivity contribution >= 4 is 12.0 Å². The molecular weight excluding hydrogens is 278 g/mol. The van der Waals surface area contributed by atoms with Crippen LogP contribution in [0.15, 0.2) is 60.8 Å². The van der Waals surface area contributed by atoms with Crippen LogP contribution in [0, 0.1) is 0 Å². The number of hydrogen-bond donors (Lipinski definition) is 1. The number of rotatable bonds is 6. The van der Waals surface area contributed by atoms with Gasteiger partial charge in [-0.3, -0.25) is 0 Å². The van der Waals surface area contributed by atoms with Crippen LogP contribution in [-0.4, -0.2) is 22.1 Å². The van der Waals surface area contributed by atoms with E-state index in [0.29, 0.717) is 5.70 Å². The minimum absolute atomic E-state index is 0.210. The van der Waals surface area contributed by atoms with Crippen molar-refractivity contribution in [2.75, 3.05) is 6.61 Å². The Bertz CT molecular complexity index is 669. The van der Waals surface area contributed by atoms with Crippen molar-refractivity contribution in [2.45, 2.75) is 13.5 Å². The average Bonchev–Trinajstić information content (AvgIpc) is 2.97. The molecule has 0 saturated heterocycles. The van der Waals surface area contributed by atoms with Crippen LogP contribution in [0.2, 0.25) is 0 Å². The molecule has 0 unspecified atom stereocenters. The standard InChI is InChI=1S/C17H19N3O2/c1-14(18)11-17(21)22-10-4-7-15-5-2-3-6-16(15)12-20-9-8-19-13-20/h2-9,11,13H,10,12,18H2,1H3. The number of nitrogens with two attached hydrogens (primary N) is 1. The number of hydrogen-bond acceptors (Lipinski definition) is 4. The van der Waals surface area contributed by atoms with Crippen LogP contribution in [0.3, 0.4) is 0 Å². The molecule has 2 aromatic rings. The van der Waals surface area contributed by atoms with E-state index in [1.54, 1.807) is 19.4 Å². The molecule has 1 aromatic carbocycles. The summed E-state index contributed by atoms with van der Waals surface area (Å²) in [6.07, 6.45) is 10.5. The number of carbonyl (C=O) groups is 1. The number of imidazole rings is 1. The average molecular weight is 297 g/mol. The highest BCUT2D eigenvalue weighted by atomic mass is 16.5. The van der Waals surface area contributed by atoms with Gasteiger partial charge >= 0.3 is 5.97 Å². The van der Waals surface area contributed by atoms with E-state index in [0.717, 1.165) is 12.1 Å². The van der Waals surface area contributed by atoms with Gasteiger partial charge in [-0.15, -0.1) is 0 Å². The van der Waals surface area contributed by atoms with Crippen LogP contribution >= 0.6 is 0 Å². The Kier molecular flexibility index (Phi) is 5.54. The molecule has 0 aliphatic carbocycles. The molecular formula is C17H19N3O2. The zero-order valence-electron chi connectivity index (χ0n) is 12.5. The summed E-state index contributed by atoms with van der Waals surface area (Å²) in [7, 11) is 0. The molecule has 1 aromatic heterocycles. The summed E-state index contributed by atoms with van der Waals surface area (Å²) in [5.74, 6) is -0.434. The van der Waals surface area contributed by atoms with Crippen LogP contribution in [-0.2, 0) is 16.1 Å². The zero-order chi connectivity index (χ0) is 15.8. The summed E-state index contributed by atoms with van der Waals surface area (Å²) in [6.45, 7) is 2.60. The normalized spacial score (nSPS) is 11.8. The van der Waals surface area contributed by atoms with E-state index in [1.165, 1.54) is 11.6 Å². The molecule has 0 radical (unpaired) electrons. The third-order valence-electron chi connectivity index (χ3n) is 2.93. The lowest BCUT2D eigenvalue weighted by atomic mass is 10.1. The van der Waals surface area contributed by atoms with Gasteiger partial charge in [0.2, 0.25) is 0 Å². The first kappa shape index (κ1) is 15.6. The maximum Gasteiger partial charge on any atom is 0.332 e. The molecule has 2 N–H and O–H groups in total. The first-order chi connectivity index (χ1) is 10.6. The Labute approximate surface area is 129 Å². The third kappa shape index (κ3) is 4.94. The number of benzene rings is 1. The largest absolute Gasteiger partial charge is 0.458 e. The highest BCUT2D eigenvalue weighted by Crippen LogP contribution is 2.12. The predicted octanol–water partition coefficient (Wildman–Crippen LogP) is 2.35. The molecule has 0 amide bonds. The monoisotopic (exact) mass is 297 g/mol. The number of aromatic nitrogens is 2. The summed E-state index contributed by atoms with van der Waals surface area (Å²) >= 11 is 0. The SMILES string of the molecule is CC(N)=CC(=O)OCC=Cc1ccccc1Cn1ccnc1. The van der Waals surface area contributed by atoms with Crippen LogP contribution in [0.25, 0.3) is 6.08 Å². The topological polar surface area (TPSA) is 70.1 Å². The van der Waals surface area contributed by atoms with Crippen LogP contribution < -0.4 is 5.73 Å². The first-order valence-corrected chi connectivity index (χ1v) is 6.96. The van der Waals surface area contributed by atoms with E-state index in [4.69, 9.17) is 10.5 Å². The lowest BCUT2D eigenvalue weighted by molar-refractivity contribution is -0.136. The second-order valence-corrected chi connectivity index (χ2v) is 4.85. The number of allylic oxidation sites excluding steroid dienone is 1. The second kappa shape index (κ2) is 7.83. The third-order valence-corrected chi connectivity index (χ3v) is 2.93. The van der Waals surface area contributed by atoms with E-state index in [1.807, 2.05) is 41.1 Å². The molecule has 1 heterocycles. The van der Waals surface area contributed by atoms with Gasteiger partial charge in [-0.1, -0.05) is 30.3 Å². The molecule has 0 spiro atoms. The van der Waals surface area contributed by atoms with E-state index in [-0.39, 0.29) is 6.61 Å². The number of nitrogens with zero attached hydrogens (tertiary/aromatic N) is 2. The van der Waals surface area contributed by atoms with Gasteiger partial charge < -0.3 is 15.0 Å². The van der Waals surface area contributed by atoms with E-state index in [9.17, 15) is 4.79 Å². The van der Waals surface area contributed by atoms with Gasteiger partial charge in [0.1, 0.15) is 6.61 Å². The van der Waals surface area contributed by atoms with Crippen LogP contribution in [0.1, 0.15) is 18.1 Å². The van der Waals surface area contributed by atoms with Crippen molar-refractivity contribution in [1.82, 2.24) is 9.55 Å². The molecule has 5 heteroatoms. The molecule has 0 bridgehead atoms. The highest BCUT2D eigenvalue weighted by Gasteiger charge is 2.00. The van der Waals surface area contributed by atoms with E-state index < -0.39 is 5.97 Å². The Hall–Kier alpha value is -2.82. The summed E-state index contributed by atoms with van der Waals surface area (Å²) in [6, 6.07) is 8.06. The first-order valence-electron chi connectivity index (χ1n) is 6.96. The van der Waals surface area contributed by atoms with Crippen molar-refractivity contribution < 1.29 is 9.53 Å². The molecule has 114 valence electrons. The van der Waals surface area contributed by atoms with Crippen molar-refractivity contribution in [2.24, 2.45) is 5.73 Å². The van der Waals surface area contributed by atoms with E-state index >= 15 is 0 Å². The molecule has 0 fully saturated rings. The molecule has 5 nitrogen and oxygen atoms in total. The molecule has 0 atom stereocenters. The lowest BCUT2D eigenvalue weighted by Crippen LogP contribution is -2.04. The molecule has 0 saturated carbocycles. The molecule has 0 aliphatic rings. The minimum Gasteiger partial charge on any atom is -0.458 e. The van der Waals surface area contributed by atoms with Gasteiger partial charge in [-0.25, -0.2) is 9.78 Å². The van der Waals surface area contributed by atoms with Crippen LogP contribution in [0.5, 0.6) is 0 Å². The van der Waals surface area contributed by atoms with Gasteiger partial charge in [0.15, 0.2) is 0 Å². The van der Waals surface area contributed by atoms with Gasteiger partial charge in [0.05, 0.1) is 6.33 Å². The Balaban J connectivity index is 1.96. The lowest BCUT2D eigenvalue weighted by Gasteiger charge is -2.06. The van der Waals surface area contributed by atoms with Crippen molar-refractivity contribution in [3.63, 3.8) is 0 Å². The fraction of sp³-hybridized carbons (Fsp3) is 0.176. The fourth-order valence-corrected chi connectivity index (χ4v) is 1.95. The Morgan fingerprint density at radius 1 is 1.41 bits per heavy atom. The van der Waals surface area contributed by atoms with Gasteiger partial charge in [-0.2, -0.15) is 0 Å². The van der Waals surface area contributed by atoms with Crippen molar-refractivity contribution in [1.29, 1.82) is 0 Å². The zero-order valence-corrected chi connectivity index (χ0v) is 12.5. The molecule has 0 aliphatic heterocycles. The quantitative estimate of drug-likeness (QED) is 0.656. The van der Waals surface area contributed by atoms with E-state index in [2.05, 4.69) is 11.1 Å².